The van der Waals surface area contributed by atoms with Gasteiger partial charge >= 0.3 is 0 Å². The third-order valence-corrected chi connectivity index (χ3v) is 2.16. The van der Waals surface area contributed by atoms with Crippen LogP contribution >= 0.6 is 0 Å². The number of phenols is 1. The summed E-state index contributed by atoms with van der Waals surface area (Å²) in [5.41, 5.74) is 6.23. The van der Waals surface area contributed by atoms with Crippen LogP contribution in [0.4, 0.5) is 0 Å². The molecule has 0 aromatic heterocycles. The molecular weight excluding hydrogens is 260 g/mol. The van der Waals surface area contributed by atoms with Crippen molar-refractivity contribution in [3.8, 4) is 5.75 Å². The van der Waals surface area contributed by atoms with Gasteiger partial charge in [-0.05, 0) is 24.6 Å². The van der Waals surface area contributed by atoms with E-state index < -0.39 is 0 Å². The third kappa shape index (κ3) is 4.89. The van der Waals surface area contributed by atoms with Crippen LogP contribution in [-0.2, 0) is 9.59 Å². The van der Waals surface area contributed by atoms with Crippen molar-refractivity contribution >= 4 is 24.2 Å². The minimum Gasteiger partial charge on any atom is -0.507 e. The number of benzene rings is 1. The summed E-state index contributed by atoms with van der Waals surface area (Å²) in [6.45, 7) is 4.50. The molecule has 0 saturated carbocycles. The van der Waals surface area contributed by atoms with E-state index in [1.807, 2.05) is 6.92 Å². The highest BCUT2D eigenvalue weighted by Crippen LogP contribution is 2.21. The Morgan fingerprint density at radius 2 is 1.45 bits per heavy atom. The van der Waals surface area contributed by atoms with Gasteiger partial charge in [0, 0.05) is 25.0 Å². The van der Waals surface area contributed by atoms with Crippen molar-refractivity contribution in [2.75, 3.05) is 0 Å². The number of rotatable bonds is 4. The van der Waals surface area contributed by atoms with Crippen molar-refractivity contribution in [2.45, 2.75) is 20.8 Å². The summed E-state index contributed by atoms with van der Waals surface area (Å²) < 4.78 is 0. The predicted molar refractivity (Wildman–Crippen MR) is 75.7 cm³/mol. The predicted octanol–water partition coefficient (Wildman–Crippen LogP) is 0.641. The first kappa shape index (κ1) is 15.4. The van der Waals surface area contributed by atoms with E-state index >= 15 is 0 Å². The molecule has 0 fully saturated rings. The molecule has 2 amide bonds. The summed E-state index contributed by atoms with van der Waals surface area (Å²) in [7, 11) is 0. The zero-order chi connectivity index (χ0) is 15.1. The second kappa shape index (κ2) is 7.03. The maximum Gasteiger partial charge on any atom is 0.236 e. The summed E-state index contributed by atoms with van der Waals surface area (Å²) in [5.74, 6) is -0.652. The minimum absolute atomic E-state index is 0.0428. The lowest BCUT2D eigenvalue weighted by Crippen LogP contribution is -2.13. The molecule has 0 radical (unpaired) electrons. The molecule has 0 aliphatic rings. The van der Waals surface area contributed by atoms with Gasteiger partial charge in [-0.3, -0.25) is 9.59 Å². The molecule has 3 N–H and O–H groups in total. The summed E-state index contributed by atoms with van der Waals surface area (Å²) in [6, 6.07) is 3.41. The van der Waals surface area contributed by atoms with Gasteiger partial charge in [-0.15, -0.1) is 0 Å². The first-order valence-electron chi connectivity index (χ1n) is 5.83. The van der Waals surface area contributed by atoms with Crippen molar-refractivity contribution < 1.29 is 14.7 Å². The highest BCUT2D eigenvalue weighted by Gasteiger charge is 2.05. The Bertz CT molecular complexity index is 532. The number of aromatic hydroxyl groups is 1. The lowest BCUT2D eigenvalue weighted by molar-refractivity contribution is -0.119. The molecule has 0 aliphatic carbocycles. The summed E-state index contributed by atoms with van der Waals surface area (Å²) >= 11 is 0. The van der Waals surface area contributed by atoms with E-state index in [9.17, 15) is 14.7 Å². The van der Waals surface area contributed by atoms with Crippen LogP contribution in [0.2, 0.25) is 0 Å². The number of amides is 2. The fraction of sp³-hybridized carbons (Fsp3) is 0.231. The summed E-state index contributed by atoms with van der Waals surface area (Å²) in [4.78, 5) is 21.4. The van der Waals surface area contributed by atoms with Gasteiger partial charge in [0.2, 0.25) is 11.8 Å². The quantitative estimate of drug-likeness (QED) is 0.555. The van der Waals surface area contributed by atoms with Crippen molar-refractivity contribution in [1.82, 2.24) is 10.9 Å². The minimum atomic E-state index is -0.305. The topological polar surface area (TPSA) is 103 Å². The van der Waals surface area contributed by atoms with E-state index in [-0.39, 0.29) is 17.6 Å². The lowest BCUT2D eigenvalue weighted by atomic mass is 10.1. The van der Waals surface area contributed by atoms with E-state index in [4.69, 9.17) is 0 Å². The molecule has 0 unspecified atom stereocenters. The molecule has 0 bridgehead atoms. The lowest BCUT2D eigenvalue weighted by Gasteiger charge is -2.05. The number of phenolic OH excluding ortho intramolecular Hbond substituents is 1. The SMILES string of the molecule is CC(=O)N/N=C\c1cc(C)cc(/C=N\NC(C)=O)c1O. The normalized spacial score (nSPS) is 10.9. The average Bonchev–Trinajstić information content (AvgIpc) is 2.33. The number of hydrazone groups is 2. The first-order valence-corrected chi connectivity index (χ1v) is 5.83. The van der Waals surface area contributed by atoms with Crippen molar-refractivity contribution in [1.29, 1.82) is 0 Å². The smallest absolute Gasteiger partial charge is 0.236 e. The third-order valence-electron chi connectivity index (χ3n) is 2.16. The maximum atomic E-state index is 10.7. The van der Waals surface area contributed by atoms with E-state index in [0.29, 0.717) is 11.1 Å². The fourth-order valence-electron chi connectivity index (χ4n) is 1.42. The van der Waals surface area contributed by atoms with Gasteiger partial charge < -0.3 is 5.11 Å². The molecule has 1 aromatic carbocycles. The molecule has 1 aromatic rings. The Labute approximate surface area is 116 Å². The molecule has 1 rings (SSSR count). The van der Waals surface area contributed by atoms with Crippen LogP contribution < -0.4 is 10.9 Å². The van der Waals surface area contributed by atoms with Crippen molar-refractivity contribution in [3.05, 3.63) is 28.8 Å². The number of carbonyl (C=O) groups excluding carboxylic acids is 2. The zero-order valence-electron chi connectivity index (χ0n) is 11.5. The Kier molecular flexibility index (Phi) is 5.40. The van der Waals surface area contributed by atoms with Gasteiger partial charge in [0.05, 0.1) is 12.4 Å². The Hall–Kier alpha value is -2.70. The fourth-order valence-corrected chi connectivity index (χ4v) is 1.42. The van der Waals surface area contributed by atoms with Crippen LogP contribution in [0.25, 0.3) is 0 Å². The second-order valence-electron chi connectivity index (χ2n) is 4.14. The molecular formula is C13H16N4O3. The standard InChI is InChI=1S/C13H16N4O3/c1-8-4-11(6-14-16-9(2)18)13(20)12(5-8)7-15-17-10(3)19/h4-7,20H,1-3H3,(H,16,18)(H,17,19)/b14-6-,15-7-. The average molecular weight is 276 g/mol. The largest absolute Gasteiger partial charge is 0.507 e. The van der Waals surface area contributed by atoms with Gasteiger partial charge in [0.1, 0.15) is 5.75 Å². The van der Waals surface area contributed by atoms with Gasteiger partial charge in [-0.1, -0.05) is 0 Å². The van der Waals surface area contributed by atoms with Crippen LogP contribution in [0.5, 0.6) is 5.75 Å². The van der Waals surface area contributed by atoms with E-state index in [2.05, 4.69) is 21.1 Å². The second-order valence-corrected chi connectivity index (χ2v) is 4.14. The Morgan fingerprint density at radius 1 is 1.05 bits per heavy atom. The first-order chi connectivity index (χ1) is 9.40. The van der Waals surface area contributed by atoms with Crippen LogP contribution in [0.1, 0.15) is 30.5 Å². The maximum absolute atomic E-state index is 10.7. The highest BCUT2D eigenvalue weighted by atomic mass is 16.3. The monoisotopic (exact) mass is 276 g/mol. The molecule has 0 saturated heterocycles. The van der Waals surface area contributed by atoms with Gasteiger partial charge in [-0.25, -0.2) is 10.9 Å². The van der Waals surface area contributed by atoms with Gasteiger partial charge in [0.25, 0.3) is 0 Å². The highest BCUT2D eigenvalue weighted by molar-refractivity contribution is 5.93. The van der Waals surface area contributed by atoms with Gasteiger partial charge in [-0.2, -0.15) is 10.2 Å². The number of hydrogen-bond donors (Lipinski definition) is 3. The van der Waals surface area contributed by atoms with E-state index in [1.54, 1.807) is 12.1 Å². The van der Waals surface area contributed by atoms with Crippen molar-refractivity contribution in [2.24, 2.45) is 10.2 Å². The number of nitrogens with zero attached hydrogens (tertiary/aromatic N) is 2. The molecule has 0 spiro atoms. The molecule has 106 valence electrons. The number of aryl methyl sites for hydroxylation is 1. The molecule has 7 nitrogen and oxygen atoms in total. The summed E-state index contributed by atoms with van der Waals surface area (Å²) in [6.07, 6.45) is 2.67. The van der Waals surface area contributed by atoms with Crippen LogP contribution in [0.3, 0.4) is 0 Å². The molecule has 7 heteroatoms. The van der Waals surface area contributed by atoms with E-state index in [1.165, 1.54) is 26.3 Å². The molecule has 0 aliphatic heterocycles. The molecule has 0 atom stereocenters. The van der Waals surface area contributed by atoms with Crippen LogP contribution in [0, 0.1) is 6.92 Å². The number of carbonyl (C=O) groups is 2. The van der Waals surface area contributed by atoms with Crippen LogP contribution in [0.15, 0.2) is 22.3 Å². The van der Waals surface area contributed by atoms with E-state index in [0.717, 1.165) is 5.56 Å². The zero-order valence-corrected chi connectivity index (χ0v) is 11.5. The summed E-state index contributed by atoms with van der Waals surface area (Å²) in [5, 5.41) is 17.4. The van der Waals surface area contributed by atoms with Crippen molar-refractivity contribution in [3.63, 3.8) is 0 Å². The Balaban J connectivity index is 3.00. The number of hydrogen-bond acceptors (Lipinski definition) is 5. The van der Waals surface area contributed by atoms with Crippen LogP contribution in [-0.4, -0.2) is 29.4 Å². The molecule has 20 heavy (non-hydrogen) atoms. The Morgan fingerprint density at radius 3 is 1.80 bits per heavy atom. The number of nitrogens with one attached hydrogen (secondary N) is 2. The molecule has 0 heterocycles. The van der Waals surface area contributed by atoms with Gasteiger partial charge in [0.15, 0.2) is 0 Å².